The van der Waals surface area contributed by atoms with E-state index in [1.807, 2.05) is 20.8 Å². The van der Waals surface area contributed by atoms with E-state index in [9.17, 15) is 13.2 Å². The Morgan fingerprint density at radius 1 is 1.35 bits per heavy atom. The van der Waals surface area contributed by atoms with Crippen LogP contribution in [-0.2, 0) is 14.8 Å². The molecule has 0 spiro atoms. The molecule has 0 aliphatic rings. The molecule has 1 aromatic rings. The number of hydrogen-bond acceptors (Lipinski definition) is 4. The fourth-order valence-corrected chi connectivity index (χ4v) is 3.12. The molecule has 0 saturated heterocycles. The number of carbonyl (C=O) groups excluding carboxylic acids is 1. The maximum absolute atomic E-state index is 12.4. The van der Waals surface area contributed by atoms with E-state index in [1.165, 1.54) is 31.3 Å². The van der Waals surface area contributed by atoms with Crippen molar-refractivity contribution in [3.63, 3.8) is 0 Å². The molecular formula is C15H24ClN3O3S. The molecule has 1 atom stereocenters. The molecular weight excluding hydrogens is 338 g/mol. The van der Waals surface area contributed by atoms with Gasteiger partial charge < -0.3 is 11.1 Å². The first-order valence-electron chi connectivity index (χ1n) is 7.26. The number of likely N-dealkylation sites (N-methyl/N-ethyl adjacent to an activating group) is 1. The summed E-state index contributed by atoms with van der Waals surface area (Å²) in [5, 5.41) is 3.26. The van der Waals surface area contributed by atoms with Crippen LogP contribution in [0.5, 0.6) is 0 Å². The molecule has 3 N–H and O–H groups in total. The Morgan fingerprint density at radius 2 is 1.87 bits per heavy atom. The summed E-state index contributed by atoms with van der Waals surface area (Å²) >= 11 is 5.76. The van der Waals surface area contributed by atoms with Crippen molar-refractivity contribution >= 4 is 27.5 Å². The van der Waals surface area contributed by atoms with Crippen LogP contribution >= 0.6 is 11.6 Å². The van der Waals surface area contributed by atoms with Gasteiger partial charge in [-0.1, -0.05) is 25.4 Å². The molecule has 6 nitrogen and oxygen atoms in total. The van der Waals surface area contributed by atoms with E-state index in [0.29, 0.717) is 5.02 Å². The van der Waals surface area contributed by atoms with Crippen molar-refractivity contribution in [2.75, 3.05) is 20.1 Å². The summed E-state index contributed by atoms with van der Waals surface area (Å²) in [6.07, 6.45) is 0. The maximum atomic E-state index is 12.4. The standard InChI is InChI=1S/C15H24ClN3O3S/c1-11(2)15(3,10-17)18-14(20)9-19(4)23(21,22)13-7-5-12(16)6-8-13/h5-8,11H,9-10,17H2,1-4H3,(H,18,20). The van der Waals surface area contributed by atoms with Crippen LogP contribution in [0.15, 0.2) is 29.2 Å². The number of nitrogens with one attached hydrogen (secondary N) is 1. The molecule has 8 heteroatoms. The summed E-state index contributed by atoms with van der Waals surface area (Å²) in [6, 6.07) is 5.80. The van der Waals surface area contributed by atoms with Crippen LogP contribution in [0.1, 0.15) is 20.8 Å². The number of hydrogen-bond donors (Lipinski definition) is 2. The summed E-state index contributed by atoms with van der Waals surface area (Å²) < 4.78 is 25.9. The van der Waals surface area contributed by atoms with Gasteiger partial charge >= 0.3 is 0 Å². The van der Waals surface area contributed by atoms with Crippen LogP contribution in [0.3, 0.4) is 0 Å². The van der Waals surface area contributed by atoms with Gasteiger partial charge in [0.05, 0.1) is 17.0 Å². The van der Waals surface area contributed by atoms with Crippen LogP contribution in [0.4, 0.5) is 0 Å². The Labute approximate surface area is 143 Å². The van der Waals surface area contributed by atoms with Crippen molar-refractivity contribution in [2.45, 2.75) is 31.2 Å². The van der Waals surface area contributed by atoms with E-state index in [2.05, 4.69) is 5.32 Å². The topological polar surface area (TPSA) is 92.5 Å². The maximum Gasteiger partial charge on any atom is 0.243 e. The first-order valence-corrected chi connectivity index (χ1v) is 9.07. The first kappa shape index (κ1) is 19.9. The Bertz CT molecular complexity index is 646. The Balaban J connectivity index is 2.84. The largest absolute Gasteiger partial charge is 0.348 e. The zero-order valence-electron chi connectivity index (χ0n) is 13.8. The minimum Gasteiger partial charge on any atom is -0.348 e. The second-order valence-corrected chi connectivity index (χ2v) is 8.52. The fourth-order valence-electron chi connectivity index (χ4n) is 1.86. The highest BCUT2D eigenvalue weighted by Gasteiger charge is 2.30. The van der Waals surface area contributed by atoms with Gasteiger partial charge in [-0.15, -0.1) is 0 Å². The van der Waals surface area contributed by atoms with E-state index in [1.54, 1.807) is 0 Å². The van der Waals surface area contributed by atoms with E-state index in [4.69, 9.17) is 17.3 Å². The quantitative estimate of drug-likeness (QED) is 0.768. The predicted molar refractivity (Wildman–Crippen MR) is 91.7 cm³/mol. The molecule has 1 amide bonds. The van der Waals surface area contributed by atoms with Gasteiger partial charge in [0.25, 0.3) is 0 Å². The zero-order chi connectivity index (χ0) is 17.8. The summed E-state index contributed by atoms with van der Waals surface area (Å²) in [7, 11) is -2.39. The first-order chi connectivity index (χ1) is 10.5. The second kappa shape index (κ2) is 7.61. The van der Waals surface area contributed by atoms with Gasteiger partial charge in [0, 0.05) is 18.6 Å². The van der Waals surface area contributed by atoms with Gasteiger partial charge in [-0.05, 0) is 37.1 Å². The van der Waals surface area contributed by atoms with Gasteiger partial charge in [0.1, 0.15) is 0 Å². The fraction of sp³-hybridized carbons (Fsp3) is 0.533. The molecule has 23 heavy (non-hydrogen) atoms. The molecule has 0 radical (unpaired) electrons. The van der Waals surface area contributed by atoms with E-state index in [-0.39, 0.29) is 23.9 Å². The molecule has 1 aromatic carbocycles. The molecule has 130 valence electrons. The highest BCUT2D eigenvalue weighted by Crippen LogP contribution is 2.18. The highest BCUT2D eigenvalue weighted by atomic mass is 35.5. The van der Waals surface area contributed by atoms with Gasteiger partial charge in [-0.25, -0.2) is 8.42 Å². The van der Waals surface area contributed by atoms with Crippen molar-refractivity contribution in [1.29, 1.82) is 0 Å². The zero-order valence-corrected chi connectivity index (χ0v) is 15.4. The van der Waals surface area contributed by atoms with E-state index >= 15 is 0 Å². The lowest BCUT2D eigenvalue weighted by Gasteiger charge is -2.34. The van der Waals surface area contributed by atoms with Gasteiger partial charge in [0.15, 0.2) is 0 Å². The van der Waals surface area contributed by atoms with Crippen LogP contribution in [-0.4, -0.2) is 44.3 Å². The average molecular weight is 362 g/mol. The van der Waals surface area contributed by atoms with Crippen LogP contribution in [0, 0.1) is 5.92 Å². The van der Waals surface area contributed by atoms with Crippen molar-refractivity contribution in [3.8, 4) is 0 Å². The van der Waals surface area contributed by atoms with E-state index < -0.39 is 21.5 Å². The predicted octanol–water partition coefficient (Wildman–Crippen LogP) is 1.45. The van der Waals surface area contributed by atoms with Crippen molar-refractivity contribution in [1.82, 2.24) is 9.62 Å². The van der Waals surface area contributed by atoms with Crippen molar-refractivity contribution < 1.29 is 13.2 Å². The highest BCUT2D eigenvalue weighted by molar-refractivity contribution is 7.89. The second-order valence-electron chi connectivity index (χ2n) is 6.04. The lowest BCUT2D eigenvalue weighted by atomic mass is 9.88. The Morgan fingerprint density at radius 3 is 2.30 bits per heavy atom. The number of amides is 1. The third-order valence-electron chi connectivity index (χ3n) is 4.01. The molecule has 0 aromatic heterocycles. The van der Waals surface area contributed by atoms with Crippen molar-refractivity contribution in [3.05, 3.63) is 29.3 Å². The number of halogens is 1. The Kier molecular flexibility index (Phi) is 6.59. The third-order valence-corrected chi connectivity index (χ3v) is 6.08. The van der Waals surface area contributed by atoms with E-state index in [0.717, 1.165) is 4.31 Å². The number of carbonyl (C=O) groups is 1. The van der Waals surface area contributed by atoms with Gasteiger partial charge in [0.2, 0.25) is 15.9 Å². The minimum atomic E-state index is -3.75. The summed E-state index contributed by atoms with van der Waals surface area (Å²) in [4.78, 5) is 12.3. The lowest BCUT2D eigenvalue weighted by molar-refractivity contribution is -0.123. The number of nitrogens with two attached hydrogens (primary N) is 1. The number of nitrogens with zero attached hydrogens (tertiary/aromatic N) is 1. The SMILES string of the molecule is CC(C)C(C)(CN)NC(=O)CN(C)S(=O)(=O)c1ccc(Cl)cc1. The molecule has 1 rings (SSSR count). The van der Waals surface area contributed by atoms with Gasteiger partial charge in [-0.2, -0.15) is 4.31 Å². The summed E-state index contributed by atoms with van der Waals surface area (Å²) in [5.41, 5.74) is 5.14. The van der Waals surface area contributed by atoms with Crippen LogP contribution in [0.25, 0.3) is 0 Å². The molecule has 0 bridgehead atoms. The molecule has 0 fully saturated rings. The summed E-state index contributed by atoms with van der Waals surface area (Å²) in [5.74, 6) is -0.277. The average Bonchev–Trinajstić information content (AvgIpc) is 2.47. The smallest absolute Gasteiger partial charge is 0.243 e. The lowest BCUT2D eigenvalue weighted by Crippen LogP contribution is -2.56. The number of rotatable bonds is 7. The number of benzene rings is 1. The third kappa shape index (κ3) is 4.91. The molecule has 0 aliphatic carbocycles. The normalized spacial score (nSPS) is 14.8. The summed E-state index contributed by atoms with van der Waals surface area (Å²) in [6.45, 7) is 5.71. The molecule has 0 heterocycles. The Hall–Kier alpha value is -1.15. The van der Waals surface area contributed by atoms with Crippen LogP contribution in [0.2, 0.25) is 5.02 Å². The molecule has 1 unspecified atom stereocenters. The van der Waals surface area contributed by atoms with Crippen LogP contribution < -0.4 is 11.1 Å². The van der Waals surface area contributed by atoms with Crippen molar-refractivity contribution in [2.24, 2.45) is 11.7 Å². The van der Waals surface area contributed by atoms with Gasteiger partial charge in [-0.3, -0.25) is 4.79 Å². The number of sulfonamides is 1. The minimum absolute atomic E-state index is 0.0858. The molecule has 0 saturated carbocycles. The monoisotopic (exact) mass is 361 g/mol. The molecule has 0 aliphatic heterocycles.